The Morgan fingerprint density at radius 3 is 2.16 bits per heavy atom. The number of carbonyl (C=O) groups excluding carboxylic acids is 3. The second kappa shape index (κ2) is 18.1. The molecule has 0 saturated heterocycles. The fourth-order valence-corrected chi connectivity index (χ4v) is 5.89. The summed E-state index contributed by atoms with van der Waals surface area (Å²) < 4.78 is 26.2. The molecule has 4 rings (SSSR count). The number of aliphatic hydroxyl groups is 2. The zero-order chi connectivity index (χ0) is 35.0. The van der Waals surface area contributed by atoms with E-state index in [1.165, 1.54) is 26.4 Å². The molecule has 0 fully saturated rings. The summed E-state index contributed by atoms with van der Waals surface area (Å²) >= 11 is 0. The van der Waals surface area contributed by atoms with Crippen LogP contribution >= 0.6 is 0 Å². The number of aliphatic carboxylic acids is 1. The molecule has 0 aliphatic carbocycles. The maximum Gasteiger partial charge on any atom is 1.00 e. The number of nitrogens with one attached hydrogen (secondary N) is 1. The Balaban J connectivity index is 0.00000650. The monoisotopic (exact) mass is 682 g/mol. The van der Waals surface area contributed by atoms with Crippen molar-refractivity contribution < 1.29 is 73.1 Å². The molecule has 0 spiro atoms. The minimum absolute atomic E-state index is 0. The van der Waals surface area contributed by atoms with Gasteiger partial charge in [0.15, 0.2) is 0 Å². The summed E-state index contributed by atoms with van der Waals surface area (Å²) in [5.74, 6) is -2.48. The van der Waals surface area contributed by atoms with Crippen molar-refractivity contribution in [1.29, 1.82) is 0 Å². The maximum atomic E-state index is 14.3. The van der Waals surface area contributed by atoms with Gasteiger partial charge < -0.3 is 39.5 Å². The van der Waals surface area contributed by atoms with Gasteiger partial charge in [-0.1, -0.05) is 48.5 Å². The van der Waals surface area contributed by atoms with E-state index in [0.717, 1.165) is 5.56 Å². The van der Waals surface area contributed by atoms with Gasteiger partial charge >= 0.3 is 35.5 Å². The van der Waals surface area contributed by atoms with Crippen molar-refractivity contribution in [1.82, 2.24) is 9.88 Å². The summed E-state index contributed by atoms with van der Waals surface area (Å²) in [5, 5.41) is 34.8. The van der Waals surface area contributed by atoms with E-state index < -0.39 is 42.3 Å². The molecule has 2 atom stereocenters. The zero-order valence-corrected chi connectivity index (χ0v) is 30.4. The van der Waals surface area contributed by atoms with E-state index in [1.54, 1.807) is 30.3 Å². The number of aromatic nitrogens is 1. The van der Waals surface area contributed by atoms with Gasteiger partial charge in [-0.3, -0.25) is 4.79 Å². The number of methoxy groups -OCH3 is 2. The van der Waals surface area contributed by atoms with E-state index in [9.17, 15) is 34.1 Å². The predicted molar refractivity (Wildman–Crippen MR) is 176 cm³/mol. The average molecular weight is 683 g/mol. The standard InChI is InChI=1S/C37H41FN2O8.Na/c1-22(2)40-30(17-15-27(41)19-28(42)20-32(43)44)33(25-11-13-26(38)14-12-25)34(24-8-6-5-7-9-24)35(40)36(45)39-21-23-10-16-29(37(46)48-4)31(18-23)47-3;/h5-14,16,18,22,27-28,41-42H,15,17,19-21H2,1-4H3,(H,39,45)(H,43,44);/q;+1/p-1/t27-,28-;/m1./s1. The summed E-state index contributed by atoms with van der Waals surface area (Å²) in [5.41, 5.74) is 4.70. The van der Waals surface area contributed by atoms with Gasteiger partial charge in [-0.25, -0.2) is 9.18 Å². The molecule has 49 heavy (non-hydrogen) atoms. The number of carbonyl (C=O) groups is 3. The van der Waals surface area contributed by atoms with Crippen LogP contribution in [0.5, 0.6) is 5.75 Å². The van der Waals surface area contributed by atoms with Crippen LogP contribution in [-0.4, -0.2) is 59.1 Å². The molecular formula is C37H40FN2NaO8. The Morgan fingerprint density at radius 1 is 0.918 bits per heavy atom. The Kier molecular flexibility index (Phi) is 14.6. The average Bonchev–Trinajstić information content (AvgIpc) is 3.41. The van der Waals surface area contributed by atoms with Gasteiger partial charge in [0, 0.05) is 41.8 Å². The third-order valence-electron chi connectivity index (χ3n) is 8.02. The molecule has 0 bridgehead atoms. The largest absolute Gasteiger partial charge is 1.00 e. The molecule has 12 heteroatoms. The third-order valence-corrected chi connectivity index (χ3v) is 8.02. The van der Waals surface area contributed by atoms with Crippen LogP contribution in [0.25, 0.3) is 22.3 Å². The normalized spacial score (nSPS) is 12.2. The van der Waals surface area contributed by atoms with Crippen LogP contribution in [0.1, 0.15) is 71.3 Å². The van der Waals surface area contributed by atoms with Crippen LogP contribution < -0.4 is 44.7 Å². The van der Waals surface area contributed by atoms with E-state index >= 15 is 0 Å². The van der Waals surface area contributed by atoms with Crippen molar-refractivity contribution in [2.75, 3.05) is 14.2 Å². The number of ether oxygens (including phenoxy) is 2. The van der Waals surface area contributed by atoms with Crippen LogP contribution in [0, 0.1) is 5.82 Å². The molecule has 254 valence electrons. The molecule has 1 heterocycles. The topological polar surface area (TPSA) is 150 Å². The van der Waals surface area contributed by atoms with Crippen LogP contribution in [0.2, 0.25) is 0 Å². The van der Waals surface area contributed by atoms with Gasteiger partial charge in [-0.15, -0.1) is 0 Å². The van der Waals surface area contributed by atoms with E-state index in [4.69, 9.17) is 9.47 Å². The first-order valence-corrected chi connectivity index (χ1v) is 15.6. The number of benzene rings is 3. The van der Waals surface area contributed by atoms with Crippen molar-refractivity contribution in [2.24, 2.45) is 0 Å². The smallest absolute Gasteiger partial charge is 0.550 e. The second-order valence-corrected chi connectivity index (χ2v) is 11.7. The summed E-state index contributed by atoms with van der Waals surface area (Å²) in [7, 11) is 2.71. The molecule has 0 saturated carbocycles. The first-order valence-electron chi connectivity index (χ1n) is 15.6. The van der Waals surface area contributed by atoms with E-state index in [-0.39, 0.29) is 67.0 Å². The van der Waals surface area contributed by atoms with Crippen molar-refractivity contribution in [3.63, 3.8) is 0 Å². The quantitative estimate of drug-likeness (QED) is 0.126. The molecule has 1 aromatic heterocycles. The van der Waals surface area contributed by atoms with Gasteiger partial charge in [-0.05, 0) is 74.1 Å². The maximum absolute atomic E-state index is 14.3. The summed E-state index contributed by atoms with van der Waals surface area (Å²) in [6.45, 7) is 3.96. The Bertz CT molecular complexity index is 1740. The van der Waals surface area contributed by atoms with Gasteiger partial charge in [0.25, 0.3) is 5.91 Å². The minimum Gasteiger partial charge on any atom is -0.550 e. The van der Waals surface area contributed by atoms with E-state index in [0.29, 0.717) is 39.4 Å². The SMILES string of the molecule is COC(=O)c1ccc(CNC(=O)c2c(-c3ccccc3)c(-c3ccc(F)cc3)c(CC[C@@H](O)C[C@@H](O)CC(=O)[O-])n2C(C)C)cc1OC.[Na+]. The molecule has 0 aliphatic rings. The van der Waals surface area contributed by atoms with Crippen molar-refractivity contribution >= 4 is 17.8 Å². The van der Waals surface area contributed by atoms with Crippen molar-refractivity contribution in [3.05, 3.63) is 101 Å². The van der Waals surface area contributed by atoms with Crippen LogP contribution in [0.4, 0.5) is 4.39 Å². The van der Waals surface area contributed by atoms with Gasteiger partial charge in [0.05, 0.1) is 26.4 Å². The number of nitrogens with zero attached hydrogens (tertiary/aromatic N) is 1. The molecule has 3 aromatic carbocycles. The molecule has 0 unspecified atom stereocenters. The molecule has 3 N–H and O–H groups in total. The summed E-state index contributed by atoms with van der Waals surface area (Å²) in [4.78, 5) is 37.4. The third kappa shape index (κ3) is 9.80. The summed E-state index contributed by atoms with van der Waals surface area (Å²) in [6, 6.07) is 20.0. The van der Waals surface area contributed by atoms with Crippen molar-refractivity contribution in [2.45, 2.75) is 64.3 Å². The first-order chi connectivity index (χ1) is 22.9. The minimum atomic E-state index is -1.41. The van der Waals surface area contributed by atoms with Gasteiger partial charge in [-0.2, -0.15) is 0 Å². The summed E-state index contributed by atoms with van der Waals surface area (Å²) in [6.07, 6.45) is -2.68. The Labute approximate surface area is 307 Å². The Hall–Kier alpha value is -4.00. The number of hydrogen-bond donors (Lipinski definition) is 3. The number of carboxylic acids is 1. The number of esters is 1. The van der Waals surface area contributed by atoms with E-state index in [2.05, 4.69) is 5.32 Å². The molecule has 0 radical (unpaired) electrons. The zero-order valence-electron chi connectivity index (χ0n) is 28.4. The number of amides is 1. The van der Waals surface area contributed by atoms with Crippen LogP contribution in [0.15, 0.2) is 72.8 Å². The Morgan fingerprint density at radius 2 is 1.57 bits per heavy atom. The number of rotatable bonds is 15. The molecule has 4 aromatic rings. The number of carboxylic acid groups (broad SMARTS) is 1. The number of halogens is 1. The van der Waals surface area contributed by atoms with Gasteiger partial charge in [0.1, 0.15) is 22.8 Å². The number of aliphatic hydroxyl groups excluding tert-OH is 2. The second-order valence-electron chi connectivity index (χ2n) is 11.7. The molecule has 10 nitrogen and oxygen atoms in total. The number of hydrogen-bond acceptors (Lipinski definition) is 8. The first kappa shape index (κ1) is 39.4. The van der Waals surface area contributed by atoms with Crippen LogP contribution in [0.3, 0.4) is 0 Å². The van der Waals surface area contributed by atoms with E-state index in [1.807, 2.05) is 48.7 Å². The fraction of sp³-hybridized carbons (Fsp3) is 0.324. The predicted octanol–water partition coefficient (Wildman–Crippen LogP) is 1.46. The van der Waals surface area contributed by atoms with Crippen molar-refractivity contribution in [3.8, 4) is 28.0 Å². The molecular weight excluding hydrogens is 642 g/mol. The fourth-order valence-electron chi connectivity index (χ4n) is 5.89. The molecule has 0 aliphatic heterocycles. The van der Waals surface area contributed by atoms with Gasteiger partial charge in [0.2, 0.25) is 0 Å². The molecule has 1 amide bonds. The van der Waals surface area contributed by atoms with Crippen LogP contribution in [-0.2, 0) is 22.5 Å².